The van der Waals surface area contributed by atoms with Gasteiger partial charge in [0.1, 0.15) is 18.0 Å². The Balaban J connectivity index is 1.44. The molecule has 0 fully saturated rings. The monoisotopic (exact) mass is 476 g/mol. The summed E-state index contributed by atoms with van der Waals surface area (Å²) in [6, 6.07) is 23.4. The quantitative estimate of drug-likeness (QED) is 0.397. The van der Waals surface area contributed by atoms with Gasteiger partial charge in [-0.05, 0) is 48.0 Å². The summed E-state index contributed by atoms with van der Waals surface area (Å²) in [7, 11) is -3.69. The Morgan fingerprint density at radius 3 is 2.32 bits per heavy atom. The Bertz CT molecular complexity index is 1340. The highest BCUT2D eigenvalue weighted by Gasteiger charge is 2.21. The summed E-state index contributed by atoms with van der Waals surface area (Å²) in [4.78, 5) is 16.7. The fourth-order valence-corrected chi connectivity index (χ4v) is 4.26. The van der Waals surface area contributed by atoms with Gasteiger partial charge in [0.2, 0.25) is 15.9 Å². The van der Waals surface area contributed by atoms with Crippen molar-refractivity contribution in [2.45, 2.75) is 6.54 Å². The van der Waals surface area contributed by atoms with E-state index in [4.69, 9.17) is 4.74 Å². The number of hydrogen-bond acceptors (Lipinski definition) is 5. The first-order valence-corrected chi connectivity index (χ1v) is 12.4. The van der Waals surface area contributed by atoms with Crippen molar-refractivity contribution in [1.29, 1.82) is 0 Å². The molecule has 0 radical (unpaired) electrons. The van der Waals surface area contributed by atoms with Crippen LogP contribution < -0.4 is 14.4 Å². The number of carbonyl (C=O) groups is 1. The van der Waals surface area contributed by atoms with E-state index in [1.54, 1.807) is 36.8 Å². The molecule has 0 saturated heterocycles. The molecule has 34 heavy (non-hydrogen) atoms. The molecule has 0 bridgehead atoms. The number of hydrogen-bond donors (Lipinski definition) is 1. The Labute approximate surface area is 198 Å². The van der Waals surface area contributed by atoms with Gasteiger partial charge in [0.25, 0.3) is 0 Å². The average molecular weight is 477 g/mol. The summed E-state index contributed by atoms with van der Waals surface area (Å²) >= 11 is 0. The number of nitrogens with zero attached hydrogens (tertiary/aromatic N) is 3. The second-order valence-electron chi connectivity index (χ2n) is 7.55. The lowest BCUT2D eigenvalue weighted by Gasteiger charge is -2.22. The Morgan fingerprint density at radius 2 is 1.65 bits per heavy atom. The van der Waals surface area contributed by atoms with Crippen LogP contribution in [0.4, 0.5) is 5.69 Å². The summed E-state index contributed by atoms with van der Waals surface area (Å²) < 4.78 is 33.5. The van der Waals surface area contributed by atoms with Gasteiger partial charge in [0.05, 0.1) is 24.0 Å². The smallest absolute Gasteiger partial charge is 0.241 e. The van der Waals surface area contributed by atoms with Crippen LogP contribution in [0.3, 0.4) is 0 Å². The highest BCUT2D eigenvalue weighted by Crippen LogP contribution is 2.25. The fraction of sp³-hybridized carbons (Fsp3) is 0.120. The number of aromatic nitrogens is 2. The number of imidazole rings is 1. The first-order chi connectivity index (χ1) is 16.4. The van der Waals surface area contributed by atoms with Crippen molar-refractivity contribution in [3.05, 3.63) is 103 Å². The van der Waals surface area contributed by atoms with E-state index in [0.717, 1.165) is 21.8 Å². The van der Waals surface area contributed by atoms with Gasteiger partial charge >= 0.3 is 0 Å². The number of rotatable bonds is 9. The van der Waals surface area contributed by atoms with Gasteiger partial charge in [-0.2, -0.15) is 0 Å². The number of benzene rings is 3. The van der Waals surface area contributed by atoms with Crippen molar-refractivity contribution in [3.8, 4) is 17.2 Å². The Kier molecular flexibility index (Phi) is 6.93. The van der Waals surface area contributed by atoms with E-state index in [9.17, 15) is 13.2 Å². The lowest BCUT2D eigenvalue weighted by molar-refractivity contribution is -0.119. The van der Waals surface area contributed by atoms with E-state index in [-0.39, 0.29) is 13.1 Å². The van der Waals surface area contributed by atoms with Crippen molar-refractivity contribution in [2.24, 2.45) is 0 Å². The molecule has 0 aliphatic heterocycles. The van der Waals surface area contributed by atoms with Crippen LogP contribution >= 0.6 is 0 Å². The zero-order chi connectivity index (χ0) is 24.0. The minimum atomic E-state index is -3.69. The van der Waals surface area contributed by atoms with Crippen LogP contribution in [0.15, 0.2) is 97.6 Å². The first kappa shape index (κ1) is 23.1. The van der Waals surface area contributed by atoms with E-state index in [2.05, 4.69) is 10.3 Å². The molecule has 1 heterocycles. The number of para-hydroxylation sites is 2. The molecule has 0 unspecified atom stereocenters. The number of sulfonamides is 1. The lowest BCUT2D eigenvalue weighted by Crippen LogP contribution is -2.40. The van der Waals surface area contributed by atoms with E-state index in [1.165, 1.54) is 0 Å². The van der Waals surface area contributed by atoms with Crippen molar-refractivity contribution in [2.75, 3.05) is 17.1 Å². The minimum Gasteiger partial charge on any atom is -0.457 e. The molecule has 1 amide bonds. The maximum absolute atomic E-state index is 12.7. The first-order valence-electron chi connectivity index (χ1n) is 10.5. The van der Waals surface area contributed by atoms with E-state index in [0.29, 0.717) is 17.2 Å². The number of anilines is 1. The predicted octanol–water partition coefficient (Wildman–Crippen LogP) is 3.75. The molecule has 3 aromatic carbocycles. The number of nitrogens with one attached hydrogen (secondary N) is 1. The lowest BCUT2D eigenvalue weighted by atomic mass is 10.1. The topological polar surface area (TPSA) is 93.5 Å². The highest BCUT2D eigenvalue weighted by molar-refractivity contribution is 7.92. The Hall–Kier alpha value is -4.11. The van der Waals surface area contributed by atoms with Crippen molar-refractivity contribution < 1.29 is 17.9 Å². The zero-order valence-corrected chi connectivity index (χ0v) is 19.4. The minimum absolute atomic E-state index is 0.245. The average Bonchev–Trinajstić information content (AvgIpc) is 3.37. The predicted molar refractivity (Wildman–Crippen MR) is 131 cm³/mol. The van der Waals surface area contributed by atoms with Crippen molar-refractivity contribution >= 4 is 21.6 Å². The van der Waals surface area contributed by atoms with E-state index < -0.39 is 15.9 Å². The van der Waals surface area contributed by atoms with Gasteiger partial charge < -0.3 is 14.6 Å². The molecular weight excluding hydrogens is 452 g/mol. The summed E-state index contributed by atoms with van der Waals surface area (Å²) in [5.74, 6) is 0.810. The van der Waals surface area contributed by atoms with Crippen LogP contribution in [-0.2, 0) is 21.4 Å². The third kappa shape index (κ3) is 5.81. The van der Waals surface area contributed by atoms with Crippen LogP contribution in [0.25, 0.3) is 5.69 Å². The normalized spacial score (nSPS) is 11.1. The maximum Gasteiger partial charge on any atom is 0.241 e. The number of carbonyl (C=O) groups excluding carboxylic acids is 1. The second kappa shape index (κ2) is 10.2. The molecule has 8 nitrogen and oxygen atoms in total. The van der Waals surface area contributed by atoms with Crippen LogP contribution in [0.1, 0.15) is 5.56 Å². The molecule has 4 rings (SSSR count). The molecule has 0 atom stereocenters. The standard InChI is InChI=1S/C25H24N4O4S/c1-34(31,32)29(21-11-13-23(14-12-21)33-22-8-3-2-4-9-22)18-25(30)27-17-20-7-5-6-10-24(20)28-16-15-26-19-28/h2-16,19H,17-18H2,1H3,(H,27,30). The second-order valence-corrected chi connectivity index (χ2v) is 9.46. The van der Waals surface area contributed by atoms with Gasteiger partial charge in [-0.3, -0.25) is 9.10 Å². The van der Waals surface area contributed by atoms with Crippen molar-refractivity contribution in [1.82, 2.24) is 14.9 Å². The van der Waals surface area contributed by atoms with E-state index in [1.807, 2.05) is 65.4 Å². The SMILES string of the molecule is CS(=O)(=O)N(CC(=O)NCc1ccccc1-n1ccnc1)c1ccc(Oc2ccccc2)cc1. The van der Waals surface area contributed by atoms with Crippen LogP contribution in [-0.4, -0.2) is 36.7 Å². The molecule has 0 saturated carbocycles. The summed E-state index contributed by atoms with van der Waals surface area (Å²) in [5, 5.41) is 2.81. The number of ether oxygens (including phenoxy) is 1. The van der Waals surface area contributed by atoms with Gasteiger partial charge in [-0.25, -0.2) is 13.4 Å². The third-order valence-electron chi connectivity index (χ3n) is 5.04. The van der Waals surface area contributed by atoms with E-state index >= 15 is 0 Å². The molecule has 4 aromatic rings. The summed E-state index contributed by atoms with van der Waals surface area (Å²) in [5.41, 5.74) is 2.13. The van der Waals surface area contributed by atoms with Crippen molar-refractivity contribution in [3.63, 3.8) is 0 Å². The highest BCUT2D eigenvalue weighted by atomic mass is 32.2. The molecule has 9 heteroatoms. The summed E-state index contributed by atoms with van der Waals surface area (Å²) in [6.07, 6.45) is 6.24. The Morgan fingerprint density at radius 1 is 0.971 bits per heavy atom. The fourth-order valence-electron chi connectivity index (χ4n) is 3.40. The van der Waals surface area contributed by atoms with Crippen LogP contribution in [0.2, 0.25) is 0 Å². The maximum atomic E-state index is 12.7. The molecule has 0 aliphatic rings. The largest absolute Gasteiger partial charge is 0.457 e. The molecule has 1 N–H and O–H groups in total. The van der Waals surface area contributed by atoms with Gasteiger partial charge in [-0.15, -0.1) is 0 Å². The number of amides is 1. The summed E-state index contributed by atoms with van der Waals surface area (Å²) in [6.45, 7) is -0.0976. The molecule has 0 spiro atoms. The van der Waals surface area contributed by atoms with Gasteiger partial charge in [0.15, 0.2) is 0 Å². The molecule has 174 valence electrons. The molecule has 0 aliphatic carbocycles. The van der Waals surface area contributed by atoms with Crippen LogP contribution in [0.5, 0.6) is 11.5 Å². The van der Waals surface area contributed by atoms with Gasteiger partial charge in [-0.1, -0.05) is 36.4 Å². The third-order valence-corrected chi connectivity index (χ3v) is 6.18. The molecular formula is C25H24N4O4S. The zero-order valence-electron chi connectivity index (χ0n) is 18.5. The molecule has 1 aromatic heterocycles. The van der Waals surface area contributed by atoms with Crippen LogP contribution in [0, 0.1) is 0 Å². The van der Waals surface area contributed by atoms with Gasteiger partial charge in [0, 0.05) is 18.9 Å².